The molecule has 1 aliphatic heterocycles. The second-order valence-electron chi connectivity index (χ2n) is 4.77. The van der Waals surface area contributed by atoms with E-state index in [1.165, 1.54) is 0 Å². The molecule has 1 unspecified atom stereocenters. The topological polar surface area (TPSA) is 93.4 Å². The Labute approximate surface area is 118 Å². The molecule has 1 amide bonds. The molecule has 0 radical (unpaired) electrons. The first-order valence-electron chi connectivity index (χ1n) is 6.85. The van der Waals surface area contributed by atoms with E-state index in [9.17, 15) is 4.79 Å². The molecular weight excluding hydrogens is 258 g/mol. The summed E-state index contributed by atoms with van der Waals surface area (Å²) in [6, 6.07) is 1.32. The third-order valence-corrected chi connectivity index (χ3v) is 3.12. The number of carbonyl (C=O) groups is 1. The molecule has 1 aliphatic rings. The van der Waals surface area contributed by atoms with Crippen molar-refractivity contribution in [2.45, 2.75) is 26.3 Å². The Balaban J connectivity index is 2.19. The van der Waals surface area contributed by atoms with Crippen molar-refractivity contribution in [3.63, 3.8) is 0 Å². The van der Waals surface area contributed by atoms with Crippen molar-refractivity contribution in [2.24, 2.45) is 0 Å². The lowest BCUT2D eigenvalue weighted by atomic mass is 10.2. The number of nitrogen functional groups attached to an aromatic ring is 1. The Kier molecular flexibility index (Phi) is 4.73. The summed E-state index contributed by atoms with van der Waals surface area (Å²) in [6.07, 6.45) is 0.902. The van der Waals surface area contributed by atoms with Crippen molar-refractivity contribution in [1.29, 1.82) is 0 Å². The molecule has 2 rings (SSSR count). The summed E-state index contributed by atoms with van der Waals surface area (Å²) in [4.78, 5) is 22.6. The monoisotopic (exact) mass is 279 g/mol. The van der Waals surface area contributed by atoms with Crippen LogP contribution in [-0.2, 0) is 9.53 Å². The number of aryl methyl sites for hydroxylation is 1. The van der Waals surface area contributed by atoms with Crippen LogP contribution in [0, 0.1) is 6.92 Å². The van der Waals surface area contributed by atoms with Gasteiger partial charge < -0.3 is 20.7 Å². The van der Waals surface area contributed by atoms with Gasteiger partial charge in [-0.3, -0.25) is 4.79 Å². The second-order valence-corrected chi connectivity index (χ2v) is 4.77. The average molecular weight is 279 g/mol. The normalized spacial score (nSPS) is 18.9. The van der Waals surface area contributed by atoms with Crippen molar-refractivity contribution in [1.82, 2.24) is 15.3 Å². The van der Waals surface area contributed by atoms with Gasteiger partial charge in [-0.1, -0.05) is 6.92 Å². The molecule has 1 saturated heterocycles. The molecule has 0 saturated carbocycles. The number of aromatic nitrogens is 2. The Bertz CT molecular complexity index is 460. The van der Waals surface area contributed by atoms with Crippen LogP contribution < -0.4 is 16.0 Å². The number of hydrogen-bond acceptors (Lipinski definition) is 6. The Morgan fingerprint density at radius 3 is 3.10 bits per heavy atom. The van der Waals surface area contributed by atoms with Crippen LogP contribution in [0.5, 0.6) is 0 Å². The number of rotatable bonds is 4. The standard InChI is InChI=1S/C13H21N5O2/c1-3-4-15-13(19)10-8-20-6-5-18(10)12-7-11(14)16-9(2)17-12/h7,10H,3-6,8H2,1-2H3,(H,15,19)(H2,14,16,17). The number of carbonyl (C=O) groups excluding carboxylic acids is 1. The number of morpholine rings is 1. The number of amides is 1. The summed E-state index contributed by atoms with van der Waals surface area (Å²) in [7, 11) is 0. The average Bonchev–Trinajstić information content (AvgIpc) is 2.43. The van der Waals surface area contributed by atoms with Gasteiger partial charge in [0.25, 0.3) is 0 Å². The van der Waals surface area contributed by atoms with E-state index >= 15 is 0 Å². The molecule has 7 nitrogen and oxygen atoms in total. The minimum atomic E-state index is -0.371. The van der Waals surface area contributed by atoms with Crippen LogP contribution >= 0.6 is 0 Å². The highest BCUT2D eigenvalue weighted by molar-refractivity contribution is 5.85. The molecule has 7 heteroatoms. The smallest absolute Gasteiger partial charge is 0.245 e. The van der Waals surface area contributed by atoms with Gasteiger partial charge >= 0.3 is 0 Å². The van der Waals surface area contributed by atoms with Crippen LogP contribution in [-0.4, -0.2) is 48.2 Å². The van der Waals surface area contributed by atoms with E-state index < -0.39 is 0 Å². The molecule has 0 bridgehead atoms. The molecule has 110 valence electrons. The minimum Gasteiger partial charge on any atom is -0.384 e. The number of nitrogens with one attached hydrogen (secondary N) is 1. The highest BCUT2D eigenvalue weighted by Crippen LogP contribution is 2.19. The summed E-state index contributed by atoms with van der Waals surface area (Å²) in [5, 5.41) is 2.90. The largest absolute Gasteiger partial charge is 0.384 e. The lowest BCUT2D eigenvalue weighted by molar-refractivity contribution is -0.124. The van der Waals surface area contributed by atoms with Crippen molar-refractivity contribution in [2.75, 3.05) is 36.9 Å². The molecule has 2 heterocycles. The van der Waals surface area contributed by atoms with Gasteiger partial charge in [0.1, 0.15) is 23.5 Å². The van der Waals surface area contributed by atoms with Crippen LogP contribution in [0.2, 0.25) is 0 Å². The van der Waals surface area contributed by atoms with Crippen molar-refractivity contribution in [3.05, 3.63) is 11.9 Å². The molecular formula is C13H21N5O2. The van der Waals surface area contributed by atoms with Crippen LogP contribution in [0.25, 0.3) is 0 Å². The maximum atomic E-state index is 12.2. The first-order chi connectivity index (χ1) is 9.61. The fraction of sp³-hybridized carbons (Fsp3) is 0.615. The van der Waals surface area contributed by atoms with Crippen LogP contribution in [0.1, 0.15) is 19.2 Å². The van der Waals surface area contributed by atoms with E-state index in [1.807, 2.05) is 11.8 Å². The van der Waals surface area contributed by atoms with Crippen LogP contribution in [0.15, 0.2) is 6.07 Å². The lowest BCUT2D eigenvalue weighted by Crippen LogP contribution is -2.54. The highest BCUT2D eigenvalue weighted by atomic mass is 16.5. The third kappa shape index (κ3) is 3.36. The zero-order valence-corrected chi connectivity index (χ0v) is 11.9. The van der Waals surface area contributed by atoms with E-state index in [2.05, 4.69) is 15.3 Å². The number of ether oxygens (including phenoxy) is 1. The maximum Gasteiger partial charge on any atom is 0.245 e. The summed E-state index contributed by atoms with van der Waals surface area (Å²) < 4.78 is 5.42. The number of anilines is 2. The van der Waals surface area contributed by atoms with Crippen molar-refractivity contribution < 1.29 is 9.53 Å². The number of nitrogens with two attached hydrogens (primary N) is 1. The fourth-order valence-electron chi connectivity index (χ4n) is 2.18. The van der Waals surface area contributed by atoms with Gasteiger partial charge in [-0.05, 0) is 13.3 Å². The molecule has 1 aromatic heterocycles. The first-order valence-corrected chi connectivity index (χ1v) is 6.85. The number of nitrogens with zero attached hydrogens (tertiary/aromatic N) is 3. The quantitative estimate of drug-likeness (QED) is 0.812. The van der Waals surface area contributed by atoms with Gasteiger partial charge in [0, 0.05) is 19.2 Å². The van der Waals surface area contributed by atoms with Crippen molar-refractivity contribution >= 4 is 17.5 Å². The summed E-state index contributed by atoms with van der Waals surface area (Å²) >= 11 is 0. The Hall–Kier alpha value is -1.89. The summed E-state index contributed by atoms with van der Waals surface area (Å²) in [5.41, 5.74) is 5.76. The molecule has 3 N–H and O–H groups in total. The predicted molar refractivity (Wildman–Crippen MR) is 76.4 cm³/mol. The van der Waals surface area contributed by atoms with Gasteiger partial charge in [0.2, 0.25) is 5.91 Å². The summed E-state index contributed by atoms with van der Waals surface area (Å²) in [5.74, 6) is 1.64. The second kappa shape index (κ2) is 6.51. The Morgan fingerprint density at radius 1 is 1.60 bits per heavy atom. The Morgan fingerprint density at radius 2 is 2.40 bits per heavy atom. The highest BCUT2D eigenvalue weighted by Gasteiger charge is 2.30. The van der Waals surface area contributed by atoms with Gasteiger partial charge in [-0.2, -0.15) is 0 Å². The van der Waals surface area contributed by atoms with E-state index in [-0.39, 0.29) is 11.9 Å². The molecule has 0 aliphatic carbocycles. The molecule has 1 atom stereocenters. The molecule has 1 aromatic rings. The first kappa shape index (κ1) is 14.5. The maximum absolute atomic E-state index is 12.2. The fourth-order valence-corrected chi connectivity index (χ4v) is 2.18. The van der Waals surface area contributed by atoms with E-state index in [1.54, 1.807) is 13.0 Å². The molecule has 20 heavy (non-hydrogen) atoms. The molecule has 1 fully saturated rings. The zero-order chi connectivity index (χ0) is 14.5. The summed E-state index contributed by atoms with van der Waals surface area (Å²) in [6.45, 7) is 6.00. The van der Waals surface area contributed by atoms with Gasteiger partial charge in [-0.25, -0.2) is 9.97 Å². The SMILES string of the molecule is CCCNC(=O)C1COCCN1c1cc(N)nc(C)n1. The predicted octanol–water partition coefficient (Wildman–Crippen LogP) is 0.0986. The number of hydrogen-bond donors (Lipinski definition) is 2. The molecule has 0 spiro atoms. The van der Waals surface area contributed by atoms with Crippen molar-refractivity contribution in [3.8, 4) is 0 Å². The van der Waals surface area contributed by atoms with Gasteiger partial charge in [-0.15, -0.1) is 0 Å². The van der Waals surface area contributed by atoms with E-state index in [4.69, 9.17) is 10.5 Å². The van der Waals surface area contributed by atoms with E-state index in [0.29, 0.717) is 43.8 Å². The third-order valence-electron chi connectivity index (χ3n) is 3.12. The minimum absolute atomic E-state index is 0.0404. The van der Waals surface area contributed by atoms with Gasteiger partial charge in [0.05, 0.1) is 13.2 Å². The lowest BCUT2D eigenvalue weighted by Gasteiger charge is -2.35. The molecule has 0 aromatic carbocycles. The zero-order valence-electron chi connectivity index (χ0n) is 11.9. The van der Waals surface area contributed by atoms with Crippen LogP contribution in [0.3, 0.4) is 0 Å². The van der Waals surface area contributed by atoms with E-state index in [0.717, 1.165) is 6.42 Å². The van der Waals surface area contributed by atoms with Crippen LogP contribution in [0.4, 0.5) is 11.6 Å². The van der Waals surface area contributed by atoms with Gasteiger partial charge in [0.15, 0.2) is 0 Å².